The van der Waals surface area contributed by atoms with Crippen molar-refractivity contribution in [3.8, 4) is 0 Å². The molecule has 2 N–H and O–H groups in total. The molecular formula is C14H21FIN3. The second-order valence-corrected chi connectivity index (χ2v) is 4.84. The van der Waals surface area contributed by atoms with Gasteiger partial charge in [-0.3, -0.25) is 4.99 Å². The lowest BCUT2D eigenvalue weighted by molar-refractivity contribution is 0.625. The molecule has 1 aromatic carbocycles. The smallest absolute Gasteiger partial charge is 0.191 e. The highest BCUT2D eigenvalue weighted by atomic mass is 127. The predicted molar refractivity (Wildman–Crippen MR) is 87.6 cm³/mol. The highest BCUT2D eigenvalue weighted by Crippen LogP contribution is 2.28. The van der Waals surface area contributed by atoms with Gasteiger partial charge >= 0.3 is 0 Å². The number of benzene rings is 1. The second-order valence-electron chi connectivity index (χ2n) is 4.84. The molecule has 3 nitrogen and oxygen atoms in total. The zero-order valence-corrected chi connectivity index (χ0v) is 13.6. The molecule has 0 spiro atoms. The molecule has 0 amide bonds. The van der Waals surface area contributed by atoms with Crippen molar-refractivity contribution in [1.29, 1.82) is 0 Å². The molecule has 0 aliphatic heterocycles. The number of hydrogen-bond acceptors (Lipinski definition) is 1. The summed E-state index contributed by atoms with van der Waals surface area (Å²) < 4.78 is 13.0. The highest BCUT2D eigenvalue weighted by molar-refractivity contribution is 14.0. The molecule has 0 radical (unpaired) electrons. The summed E-state index contributed by atoms with van der Waals surface area (Å²) in [4.78, 5) is 4.17. The minimum atomic E-state index is -0.179. The van der Waals surface area contributed by atoms with Gasteiger partial charge in [-0.25, -0.2) is 4.39 Å². The maximum absolute atomic E-state index is 13.0. The average Bonchev–Trinajstić information content (AvgIpc) is 3.04. The summed E-state index contributed by atoms with van der Waals surface area (Å²) in [6.45, 7) is 2.97. The van der Waals surface area contributed by atoms with Gasteiger partial charge in [-0.15, -0.1) is 24.0 Å². The SMILES string of the molecule is CN=C(NCCc1cccc(F)c1)NC1CC1C.I. The third-order valence-corrected chi connectivity index (χ3v) is 3.25. The van der Waals surface area contributed by atoms with Crippen LogP contribution in [0.4, 0.5) is 4.39 Å². The molecule has 2 atom stereocenters. The largest absolute Gasteiger partial charge is 0.356 e. The first-order chi connectivity index (χ1) is 8.69. The van der Waals surface area contributed by atoms with E-state index in [0.717, 1.165) is 30.4 Å². The van der Waals surface area contributed by atoms with Gasteiger partial charge in [0, 0.05) is 19.6 Å². The Morgan fingerprint density at radius 1 is 1.47 bits per heavy atom. The molecule has 0 bridgehead atoms. The number of nitrogens with zero attached hydrogens (tertiary/aromatic N) is 1. The lowest BCUT2D eigenvalue weighted by atomic mass is 10.1. The van der Waals surface area contributed by atoms with E-state index in [-0.39, 0.29) is 29.8 Å². The van der Waals surface area contributed by atoms with Gasteiger partial charge in [0.2, 0.25) is 0 Å². The topological polar surface area (TPSA) is 36.4 Å². The molecule has 19 heavy (non-hydrogen) atoms. The lowest BCUT2D eigenvalue weighted by Crippen LogP contribution is -2.39. The van der Waals surface area contributed by atoms with Crippen molar-refractivity contribution < 1.29 is 4.39 Å². The summed E-state index contributed by atoms with van der Waals surface area (Å²) in [6.07, 6.45) is 2.00. The Bertz CT molecular complexity index is 436. The summed E-state index contributed by atoms with van der Waals surface area (Å²) in [7, 11) is 1.77. The minimum absolute atomic E-state index is 0. The molecule has 0 heterocycles. The van der Waals surface area contributed by atoms with E-state index in [1.807, 2.05) is 6.07 Å². The van der Waals surface area contributed by atoms with Crippen LogP contribution in [-0.4, -0.2) is 25.6 Å². The summed E-state index contributed by atoms with van der Waals surface area (Å²) in [5.41, 5.74) is 0.998. The van der Waals surface area contributed by atoms with Crippen LogP contribution in [0, 0.1) is 11.7 Å². The zero-order valence-electron chi connectivity index (χ0n) is 11.3. The van der Waals surface area contributed by atoms with Gasteiger partial charge in [-0.2, -0.15) is 0 Å². The Labute approximate surface area is 131 Å². The maximum atomic E-state index is 13.0. The fourth-order valence-corrected chi connectivity index (χ4v) is 1.91. The zero-order chi connectivity index (χ0) is 13.0. The van der Waals surface area contributed by atoms with Crippen molar-refractivity contribution in [2.75, 3.05) is 13.6 Å². The standard InChI is InChI=1S/C14H20FN3.HI/c1-10-8-13(10)18-14(16-2)17-7-6-11-4-3-5-12(15)9-11;/h3-5,9-10,13H,6-8H2,1-2H3,(H2,16,17,18);1H. The average molecular weight is 377 g/mol. The molecule has 1 saturated carbocycles. The Morgan fingerprint density at radius 2 is 2.21 bits per heavy atom. The van der Waals surface area contributed by atoms with E-state index in [4.69, 9.17) is 0 Å². The van der Waals surface area contributed by atoms with Gasteiger partial charge in [0.1, 0.15) is 5.82 Å². The number of halogens is 2. The maximum Gasteiger partial charge on any atom is 0.191 e. The van der Waals surface area contributed by atoms with E-state index in [2.05, 4.69) is 22.5 Å². The van der Waals surface area contributed by atoms with Crippen molar-refractivity contribution in [2.45, 2.75) is 25.8 Å². The molecule has 0 aromatic heterocycles. The molecule has 106 valence electrons. The van der Waals surface area contributed by atoms with E-state index in [9.17, 15) is 4.39 Å². The number of rotatable bonds is 4. The molecule has 1 aromatic rings. The van der Waals surface area contributed by atoms with Crippen LogP contribution in [-0.2, 0) is 6.42 Å². The Kier molecular flexibility index (Phi) is 6.54. The molecule has 2 unspecified atom stereocenters. The van der Waals surface area contributed by atoms with E-state index in [1.54, 1.807) is 19.2 Å². The van der Waals surface area contributed by atoms with Crippen LogP contribution in [0.5, 0.6) is 0 Å². The minimum Gasteiger partial charge on any atom is -0.356 e. The first-order valence-corrected chi connectivity index (χ1v) is 6.40. The first kappa shape index (κ1) is 16.2. The van der Waals surface area contributed by atoms with Crippen LogP contribution >= 0.6 is 24.0 Å². The molecule has 1 aliphatic carbocycles. The van der Waals surface area contributed by atoms with E-state index >= 15 is 0 Å². The van der Waals surface area contributed by atoms with Gasteiger partial charge in [0.15, 0.2) is 5.96 Å². The normalized spacial score (nSPS) is 21.5. The third kappa shape index (κ3) is 5.34. The highest BCUT2D eigenvalue weighted by Gasteiger charge is 2.33. The van der Waals surface area contributed by atoms with Crippen LogP contribution in [0.15, 0.2) is 29.3 Å². The van der Waals surface area contributed by atoms with Gasteiger partial charge in [0.05, 0.1) is 0 Å². The summed E-state index contributed by atoms with van der Waals surface area (Å²) in [5.74, 6) is 1.40. The molecular weight excluding hydrogens is 356 g/mol. The Hall–Kier alpha value is -0.850. The fraction of sp³-hybridized carbons (Fsp3) is 0.500. The van der Waals surface area contributed by atoms with Crippen molar-refractivity contribution in [3.05, 3.63) is 35.6 Å². The second kappa shape index (κ2) is 7.67. The monoisotopic (exact) mass is 377 g/mol. The molecule has 5 heteroatoms. The van der Waals surface area contributed by atoms with Gasteiger partial charge in [0.25, 0.3) is 0 Å². The molecule has 1 aliphatic rings. The number of guanidine groups is 1. The summed E-state index contributed by atoms with van der Waals surface area (Å²) >= 11 is 0. The van der Waals surface area contributed by atoms with Crippen LogP contribution in [0.1, 0.15) is 18.9 Å². The number of nitrogens with one attached hydrogen (secondary N) is 2. The fourth-order valence-electron chi connectivity index (χ4n) is 1.91. The van der Waals surface area contributed by atoms with Gasteiger partial charge < -0.3 is 10.6 Å². The third-order valence-electron chi connectivity index (χ3n) is 3.25. The number of aliphatic imine (C=N–C) groups is 1. The summed E-state index contributed by atoms with van der Waals surface area (Å²) in [5, 5.41) is 6.60. The van der Waals surface area contributed by atoms with E-state index in [1.165, 1.54) is 12.5 Å². The van der Waals surface area contributed by atoms with E-state index < -0.39 is 0 Å². The number of hydrogen-bond donors (Lipinski definition) is 2. The Balaban J connectivity index is 0.00000180. The summed E-state index contributed by atoms with van der Waals surface area (Å²) in [6, 6.07) is 7.27. The van der Waals surface area contributed by atoms with Crippen LogP contribution in [0.2, 0.25) is 0 Å². The van der Waals surface area contributed by atoms with Gasteiger partial charge in [-0.1, -0.05) is 19.1 Å². The quantitative estimate of drug-likeness (QED) is 0.481. The van der Waals surface area contributed by atoms with Crippen LogP contribution in [0.3, 0.4) is 0 Å². The van der Waals surface area contributed by atoms with Crippen molar-refractivity contribution in [2.24, 2.45) is 10.9 Å². The van der Waals surface area contributed by atoms with E-state index in [0.29, 0.717) is 6.04 Å². The van der Waals surface area contributed by atoms with Crippen LogP contribution < -0.4 is 10.6 Å². The van der Waals surface area contributed by atoms with Crippen LogP contribution in [0.25, 0.3) is 0 Å². The van der Waals surface area contributed by atoms with Gasteiger partial charge in [-0.05, 0) is 36.5 Å². The molecule has 0 saturated heterocycles. The first-order valence-electron chi connectivity index (χ1n) is 6.40. The van der Waals surface area contributed by atoms with Crippen molar-refractivity contribution >= 4 is 29.9 Å². The van der Waals surface area contributed by atoms with Crippen molar-refractivity contribution in [1.82, 2.24) is 10.6 Å². The molecule has 1 fully saturated rings. The Morgan fingerprint density at radius 3 is 2.79 bits per heavy atom. The lowest BCUT2D eigenvalue weighted by Gasteiger charge is -2.11. The van der Waals surface area contributed by atoms with Crippen molar-refractivity contribution in [3.63, 3.8) is 0 Å². The molecule has 2 rings (SSSR count). The predicted octanol–water partition coefficient (Wildman–Crippen LogP) is 2.56.